The van der Waals surface area contributed by atoms with Crippen LogP contribution in [0.3, 0.4) is 0 Å². The van der Waals surface area contributed by atoms with E-state index >= 15 is 0 Å². The number of hydrogen-bond donors (Lipinski definition) is 4. The number of alkyl halides is 3. The molecule has 0 aliphatic carbocycles. The first-order valence-electron chi connectivity index (χ1n) is 8.03. The largest absolute Gasteiger partial charge is 0.416 e. The standard InChI is InChI=1S/C17H19F3N6O2S/c1-26(22)24-15(21)13-8-10(16(27)25-29(2)28)6-7-14(13)23-12-5-3-4-11(9-12)17(18,19)20/h3-9,23H,22H2,1-2H3,(H2,21,24)(H,25,27). The lowest BCUT2D eigenvalue weighted by atomic mass is 10.1. The van der Waals surface area contributed by atoms with Crippen molar-refractivity contribution in [1.29, 1.82) is 0 Å². The summed E-state index contributed by atoms with van der Waals surface area (Å²) in [5, 5.41) is 7.64. The summed E-state index contributed by atoms with van der Waals surface area (Å²) in [6.45, 7) is 0. The van der Waals surface area contributed by atoms with Crippen molar-refractivity contribution >= 4 is 34.1 Å². The first-order chi connectivity index (χ1) is 13.5. The fourth-order valence-electron chi connectivity index (χ4n) is 2.35. The molecule has 0 heterocycles. The highest BCUT2D eigenvalue weighted by molar-refractivity contribution is 7.82. The normalized spacial score (nSPS) is 13.0. The summed E-state index contributed by atoms with van der Waals surface area (Å²) in [5.41, 5.74) is 5.90. The van der Waals surface area contributed by atoms with E-state index in [0.717, 1.165) is 17.3 Å². The molecule has 1 unspecified atom stereocenters. The number of nitrogens with two attached hydrogens (primary N) is 2. The van der Waals surface area contributed by atoms with Gasteiger partial charge in [0, 0.05) is 35.8 Å². The van der Waals surface area contributed by atoms with Gasteiger partial charge in [0.1, 0.15) is 11.0 Å². The van der Waals surface area contributed by atoms with E-state index in [9.17, 15) is 22.2 Å². The Bertz CT molecular complexity index is 962. The molecular weight excluding hydrogens is 409 g/mol. The van der Waals surface area contributed by atoms with Crippen molar-refractivity contribution in [2.75, 3.05) is 18.6 Å². The Kier molecular flexibility index (Phi) is 6.82. The molecule has 0 saturated carbocycles. The number of carbonyl (C=O) groups is 1. The van der Waals surface area contributed by atoms with Gasteiger partial charge in [-0.1, -0.05) is 6.07 Å². The molecule has 2 aromatic carbocycles. The fourth-order valence-corrected chi connectivity index (χ4v) is 2.73. The third kappa shape index (κ3) is 6.19. The Morgan fingerprint density at radius 2 is 1.90 bits per heavy atom. The second-order valence-electron chi connectivity index (χ2n) is 5.91. The number of carbonyl (C=O) groups excluding carboxylic acids is 1. The number of nitrogens with one attached hydrogen (secondary N) is 2. The number of amides is 1. The molecule has 2 aromatic rings. The minimum absolute atomic E-state index is 0.0863. The number of hydrazone groups is 1. The van der Waals surface area contributed by atoms with Crippen molar-refractivity contribution in [3.63, 3.8) is 0 Å². The number of hydrogen-bond acceptors (Lipinski definition) is 6. The van der Waals surface area contributed by atoms with Crippen molar-refractivity contribution < 1.29 is 22.2 Å². The summed E-state index contributed by atoms with van der Waals surface area (Å²) in [5.74, 6) is 4.76. The van der Waals surface area contributed by atoms with Gasteiger partial charge in [0.2, 0.25) is 0 Å². The molecule has 0 aliphatic heterocycles. The molecule has 156 valence electrons. The zero-order valence-corrected chi connectivity index (χ0v) is 16.3. The summed E-state index contributed by atoms with van der Waals surface area (Å²) in [7, 11) is -0.162. The van der Waals surface area contributed by atoms with Gasteiger partial charge in [-0.05, 0) is 36.4 Å². The number of amidine groups is 1. The van der Waals surface area contributed by atoms with Crippen LogP contribution in [0.25, 0.3) is 0 Å². The van der Waals surface area contributed by atoms with Crippen molar-refractivity contribution in [2.24, 2.45) is 16.7 Å². The highest BCUT2D eigenvalue weighted by atomic mass is 32.2. The molecular formula is C17H19F3N6O2S. The number of hydrazine groups is 1. The lowest BCUT2D eigenvalue weighted by Gasteiger charge is -2.16. The Hall–Kier alpha value is -3.12. The highest BCUT2D eigenvalue weighted by Crippen LogP contribution is 2.32. The lowest BCUT2D eigenvalue weighted by Crippen LogP contribution is -2.27. The summed E-state index contributed by atoms with van der Waals surface area (Å²) in [6.07, 6.45) is -3.21. The van der Waals surface area contributed by atoms with Gasteiger partial charge in [-0.25, -0.2) is 15.2 Å². The topological polar surface area (TPSA) is 126 Å². The van der Waals surface area contributed by atoms with Crippen LogP contribution in [0.2, 0.25) is 0 Å². The van der Waals surface area contributed by atoms with Gasteiger partial charge in [-0.3, -0.25) is 9.52 Å². The van der Waals surface area contributed by atoms with E-state index in [1.54, 1.807) is 0 Å². The van der Waals surface area contributed by atoms with Crippen LogP contribution in [0, 0.1) is 0 Å². The average Bonchev–Trinajstić information content (AvgIpc) is 2.60. The lowest BCUT2D eigenvalue weighted by molar-refractivity contribution is -0.137. The molecule has 8 nitrogen and oxygen atoms in total. The maximum absolute atomic E-state index is 12.9. The van der Waals surface area contributed by atoms with Gasteiger partial charge in [-0.2, -0.15) is 13.2 Å². The summed E-state index contributed by atoms with van der Waals surface area (Å²) in [4.78, 5) is 12.1. The maximum atomic E-state index is 12.9. The number of halogens is 3. The Morgan fingerprint density at radius 1 is 1.21 bits per heavy atom. The second kappa shape index (κ2) is 8.92. The first kappa shape index (κ1) is 22.2. The van der Waals surface area contributed by atoms with Gasteiger partial charge < -0.3 is 11.1 Å². The van der Waals surface area contributed by atoms with Gasteiger partial charge in [0.25, 0.3) is 5.91 Å². The Morgan fingerprint density at radius 3 is 2.48 bits per heavy atom. The van der Waals surface area contributed by atoms with Crippen molar-refractivity contribution in [3.05, 3.63) is 59.2 Å². The van der Waals surface area contributed by atoms with Gasteiger partial charge in [-0.15, -0.1) is 5.10 Å². The highest BCUT2D eigenvalue weighted by Gasteiger charge is 2.30. The van der Waals surface area contributed by atoms with E-state index in [1.165, 1.54) is 43.6 Å². The molecule has 29 heavy (non-hydrogen) atoms. The molecule has 6 N–H and O–H groups in total. The van der Waals surface area contributed by atoms with Crippen LogP contribution >= 0.6 is 0 Å². The molecule has 0 fully saturated rings. The summed E-state index contributed by atoms with van der Waals surface area (Å²) in [6, 6.07) is 8.80. The third-order valence-corrected chi connectivity index (χ3v) is 4.00. The first-order valence-corrected chi connectivity index (χ1v) is 9.59. The quantitative estimate of drug-likeness (QED) is 0.241. The van der Waals surface area contributed by atoms with Gasteiger partial charge >= 0.3 is 6.18 Å². The molecule has 0 spiro atoms. The zero-order chi connectivity index (χ0) is 21.8. The Labute approximate surface area is 167 Å². The van der Waals surface area contributed by atoms with E-state index < -0.39 is 28.6 Å². The van der Waals surface area contributed by atoms with Gasteiger partial charge in [0.05, 0.1) is 5.56 Å². The SMILES string of the molecule is CN(N)/N=C(\N)c1cc(C(=O)NS(C)=O)ccc1Nc1cccc(C(F)(F)F)c1. The molecule has 0 bridgehead atoms. The van der Waals surface area contributed by atoms with Crippen LogP contribution in [-0.2, 0) is 17.2 Å². The number of nitrogens with zero attached hydrogens (tertiary/aromatic N) is 2. The molecule has 0 aromatic heterocycles. The minimum atomic E-state index is -4.50. The minimum Gasteiger partial charge on any atom is -0.382 e. The van der Waals surface area contributed by atoms with E-state index in [1.807, 2.05) is 0 Å². The molecule has 0 aliphatic rings. The molecule has 0 radical (unpaired) electrons. The smallest absolute Gasteiger partial charge is 0.382 e. The molecule has 1 atom stereocenters. The van der Waals surface area contributed by atoms with Crippen molar-refractivity contribution in [2.45, 2.75) is 6.18 Å². The van der Waals surface area contributed by atoms with Crippen LogP contribution < -0.4 is 21.6 Å². The average molecular weight is 428 g/mol. The van der Waals surface area contributed by atoms with E-state index in [4.69, 9.17) is 11.6 Å². The van der Waals surface area contributed by atoms with Crippen LogP contribution in [0.4, 0.5) is 24.5 Å². The van der Waals surface area contributed by atoms with Crippen LogP contribution in [-0.4, -0.2) is 34.4 Å². The molecule has 1 amide bonds. The summed E-state index contributed by atoms with van der Waals surface area (Å²) < 4.78 is 52.3. The molecule has 0 saturated heterocycles. The van der Waals surface area contributed by atoms with Crippen molar-refractivity contribution in [3.8, 4) is 0 Å². The van der Waals surface area contributed by atoms with Gasteiger partial charge in [0.15, 0.2) is 5.84 Å². The third-order valence-electron chi connectivity index (χ3n) is 3.53. The van der Waals surface area contributed by atoms with Crippen LogP contribution in [0.5, 0.6) is 0 Å². The van der Waals surface area contributed by atoms with E-state index in [2.05, 4.69) is 15.1 Å². The number of anilines is 2. The number of benzene rings is 2. The number of rotatable bonds is 6. The predicted molar refractivity (Wildman–Crippen MR) is 105 cm³/mol. The monoisotopic (exact) mass is 428 g/mol. The predicted octanol–water partition coefficient (Wildman–Crippen LogP) is 1.90. The van der Waals surface area contributed by atoms with E-state index in [-0.39, 0.29) is 22.6 Å². The molecule has 12 heteroatoms. The fraction of sp³-hybridized carbons (Fsp3) is 0.176. The molecule has 2 rings (SSSR count). The summed E-state index contributed by atoms with van der Waals surface area (Å²) >= 11 is 0. The zero-order valence-electron chi connectivity index (χ0n) is 15.4. The van der Waals surface area contributed by atoms with Crippen molar-refractivity contribution in [1.82, 2.24) is 9.84 Å². The van der Waals surface area contributed by atoms with Crippen LogP contribution in [0.15, 0.2) is 47.6 Å². The second-order valence-corrected chi connectivity index (χ2v) is 7.02. The maximum Gasteiger partial charge on any atom is 0.416 e. The van der Waals surface area contributed by atoms with Crippen LogP contribution in [0.1, 0.15) is 21.5 Å². The van der Waals surface area contributed by atoms with E-state index in [0.29, 0.717) is 5.69 Å². The Balaban J connectivity index is 2.48.